The lowest BCUT2D eigenvalue weighted by molar-refractivity contribution is -0.133. The van der Waals surface area contributed by atoms with Crippen molar-refractivity contribution in [1.29, 1.82) is 0 Å². The number of rotatable bonds is 5. The van der Waals surface area contributed by atoms with Crippen LogP contribution in [0.2, 0.25) is 0 Å². The maximum Gasteiger partial charge on any atom is 0.249 e. The Balaban J connectivity index is 1.93. The van der Waals surface area contributed by atoms with E-state index in [-0.39, 0.29) is 18.4 Å². The van der Waals surface area contributed by atoms with Gasteiger partial charge in [-0.3, -0.25) is 19.7 Å². The van der Waals surface area contributed by atoms with Gasteiger partial charge in [-0.15, -0.1) is 0 Å². The molecule has 1 fully saturated rings. The third-order valence-corrected chi connectivity index (χ3v) is 2.75. The van der Waals surface area contributed by atoms with E-state index in [0.717, 1.165) is 5.69 Å². The molecule has 0 aliphatic carbocycles. The number of benzene rings is 1. The summed E-state index contributed by atoms with van der Waals surface area (Å²) in [5, 5.41) is 5.33. The predicted octanol–water partition coefficient (Wildman–Crippen LogP) is 0.481. The Hall–Kier alpha value is -2.37. The van der Waals surface area contributed by atoms with Crippen LogP contribution in [0.3, 0.4) is 0 Å². The van der Waals surface area contributed by atoms with Gasteiger partial charge >= 0.3 is 0 Å². The van der Waals surface area contributed by atoms with Crippen LogP contribution >= 0.6 is 0 Å². The number of carbonyl (C=O) groups is 3. The summed E-state index contributed by atoms with van der Waals surface area (Å²) in [5.74, 6) is 0.0408. The van der Waals surface area contributed by atoms with E-state index in [1.807, 2.05) is 0 Å². The Morgan fingerprint density at radius 1 is 1.32 bits per heavy atom. The Kier molecular flexibility index (Phi) is 4.12. The average Bonchev–Trinajstić information content (AvgIpc) is 2.41. The molecule has 1 aromatic rings. The molecule has 0 aromatic heterocycles. The molecule has 100 valence electrons. The largest absolute Gasteiger partial charge is 0.486 e. The van der Waals surface area contributed by atoms with Crippen LogP contribution in [0.15, 0.2) is 24.3 Å². The van der Waals surface area contributed by atoms with E-state index in [1.165, 1.54) is 0 Å². The van der Waals surface area contributed by atoms with Crippen molar-refractivity contribution in [2.75, 3.05) is 11.9 Å². The maximum atomic E-state index is 11.6. The quantitative estimate of drug-likeness (QED) is 0.595. The molecule has 1 aromatic carbocycles. The van der Waals surface area contributed by atoms with Crippen molar-refractivity contribution in [3.8, 4) is 5.75 Å². The van der Waals surface area contributed by atoms with Crippen LogP contribution in [-0.4, -0.2) is 30.7 Å². The second-order valence-corrected chi connectivity index (χ2v) is 4.15. The van der Waals surface area contributed by atoms with Gasteiger partial charge in [-0.05, 0) is 30.7 Å². The summed E-state index contributed by atoms with van der Waals surface area (Å²) < 4.78 is 5.12. The molecule has 0 saturated carbocycles. The van der Waals surface area contributed by atoms with Crippen LogP contribution in [0.25, 0.3) is 0 Å². The van der Waals surface area contributed by atoms with Gasteiger partial charge < -0.3 is 10.1 Å². The molecular weight excluding hydrogens is 248 g/mol. The fraction of sp³-hybridized carbons (Fsp3) is 0.308. The van der Waals surface area contributed by atoms with Crippen molar-refractivity contribution < 1.29 is 19.1 Å². The number of amides is 2. The summed E-state index contributed by atoms with van der Waals surface area (Å²) in [7, 11) is 0. The second kappa shape index (κ2) is 5.99. The SMILES string of the molecule is O=CCOc1ccc(N[C@@H]2CCC(=O)NC2=O)cc1. The van der Waals surface area contributed by atoms with Crippen LogP contribution in [0, 0.1) is 0 Å². The Morgan fingerprint density at radius 2 is 2.05 bits per heavy atom. The highest BCUT2D eigenvalue weighted by molar-refractivity contribution is 6.01. The highest BCUT2D eigenvalue weighted by atomic mass is 16.5. The van der Waals surface area contributed by atoms with Gasteiger partial charge in [-0.25, -0.2) is 0 Å². The van der Waals surface area contributed by atoms with E-state index < -0.39 is 6.04 Å². The van der Waals surface area contributed by atoms with Gasteiger partial charge in [0.1, 0.15) is 18.4 Å². The molecule has 19 heavy (non-hydrogen) atoms. The molecular formula is C13H14N2O4. The first-order valence-corrected chi connectivity index (χ1v) is 5.96. The molecule has 1 aliphatic heterocycles. The number of anilines is 1. The fourth-order valence-electron chi connectivity index (χ4n) is 1.81. The third-order valence-electron chi connectivity index (χ3n) is 2.75. The average molecular weight is 262 g/mol. The summed E-state index contributed by atoms with van der Waals surface area (Å²) in [5.41, 5.74) is 0.757. The number of aldehydes is 1. The summed E-state index contributed by atoms with van der Waals surface area (Å²) in [6, 6.07) is 6.52. The van der Waals surface area contributed by atoms with Gasteiger partial charge in [0.25, 0.3) is 0 Å². The van der Waals surface area contributed by atoms with Crippen LogP contribution in [0.1, 0.15) is 12.8 Å². The van der Waals surface area contributed by atoms with Crippen LogP contribution in [-0.2, 0) is 14.4 Å². The first kappa shape index (κ1) is 13.1. The minimum Gasteiger partial charge on any atom is -0.486 e. The van der Waals surface area contributed by atoms with Gasteiger partial charge in [-0.1, -0.05) is 0 Å². The van der Waals surface area contributed by atoms with Crippen molar-refractivity contribution >= 4 is 23.8 Å². The van der Waals surface area contributed by atoms with Crippen molar-refractivity contribution in [3.05, 3.63) is 24.3 Å². The Labute approximate surface area is 110 Å². The molecule has 2 amide bonds. The molecule has 0 radical (unpaired) electrons. The summed E-state index contributed by atoms with van der Waals surface area (Å²) in [4.78, 5) is 32.7. The van der Waals surface area contributed by atoms with Crippen molar-refractivity contribution in [1.82, 2.24) is 5.32 Å². The Bertz CT molecular complexity index is 484. The summed E-state index contributed by atoms with van der Waals surface area (Å²) in [6.07, 6.45) is 1.49. The highest BCUT2D eigenvalue weighted by Crippen LogP contribution is 2.18. The van der Waals surface area contributed by atoms with Crippen molar-refractivity contribution in [3.63, 3.8) is 0 Å². The fourth-order valence-corrected chi connectivity index (χ4v) is 1.81. The molecule has 0 spiro atoms. The smallest absolute Gasteiger partial charge is 0.249 e. The minimum atomic E-state index is -0.403. The monoisotopic (exact) mass is 262 g/mol. The zero-order chi connectivity index (χ0) is 13.7. The van der Waals surface area contributed by atoms with Crippen LogP contribution in [0.4, 0.5) is 5.69 Å². The third kappa shape index (κ3) is 3.54. The lowest BCUT2D eigenvalue weighted by Crippen LogP contribution is -2.47. The molecule has 6 nitrogen and oxygen atoms in total. The highest BCUT2D eigenvalue weighted by Gasteiger charge is 2.26. The number of hydrogen-bond donors (Lipinski definition) is 2. The summed E-state index contributed by atoms with van der Waals surface area (Å²) >= 11 is 0. The minimum absolute atomic E-state index is 0.0138. The first-order chi connectivity index (χ1) is 9.19. The van der Waals surface area contributed by atoms with Gasteiger partial charge in [0.2, 0.25) is 11.8 Å². The van der Waals surface area contributed by atoms with E-state index in [9.17, 15) is 14.4 Å². The topological polar surface area (TPSA) is 84.5 Å². The summed E-state index contributed by atoms with van der Waals surface area (Å²) in [6.45, 7) is 0.0138. The molecule has 6 heteroatoms. The number of carbonyl (C=O) groups excluding carboxylic acids is 3. The van der Waals surface area contributed by atoms with Crippen molar-refractivity contribution in [2.24, 2.45) is 0 Å². The van der Waals surface area contributed by atoms with Gasteiger partial charge in [0, 0.05) is 12.1 Å². The molecule has 0 bridgehead atoms. The lowest BCUT2D eigenvalue weighted by atomic mass is 10.1. The van der Waals surface area contributed by atoms with Crippen LogP contribution in [0.5, 0.6) is 5.75 Å². The van der Waals surface area contributed by atoms with Gasteiger partial charge in [-0.2, -0.15) is 0 Å². The zero-order valence-electron chi connectivity index (χ0n) is 10.2. The van der Waals surface area contributed by atoms with Crippen LogP contribution < -0.4 is 15.4 Å². The molecule has 1 heterocycles. The van der Waals surface area contributed by atoms with Gasteiger partial charge in [0.05, 0.1) is 0 Å². The molecule has 1 atom stereocenters. The Morgan fingerprint density at radius 3 is 2.68 bits per heavy atom. The van der Waals surface area contributed by atoms with Gasteiger partial charge in [0.15, 0.2) is 6.29 Å². The second-order valence-electron chi connectivity index (χ2n) is 4.15. The number of imide groups is 1. The maximum absolute atomic E-state index is 11.6. The van der Waals surface area contributed by atoms with Crippen molar-refractivity contribution in [2.45, 2.75) is 18.9 Å². The number of hydrogen-bond acceptors (Lipinski definition) is 5. The molecule has 2 rings (SSSR count). The van der Waals surface area contributed by atoms with E-state index in [0.29, 0.717) is 24.9 Å². The van der Waals surface area contributed by atoms with E-state index >= 15 is 0 Å². The van der Waals surface area contributed by atoms with E-state index in [1.54, 1.807) is 24.3 Å². The number of ether oxygens (including phenoxy) is 1. The predicted molar refractivity (Wildman–Crippen MR) is 67.8 cm³/mol. The standard InChI is InChI=1S/C13H14N2O4/c16-7-8-19-10-3-1-9(2-4-10)14-11-5-6-12(17)15-13(11)18/h1-4,7,11,14H,5-6,8H2,(H,15,17,18)/t11-/m1/s1. The van der Waals surface area contributed by atoms with E-state index in [2.05, 4.69) is 10.6 Å². The lowest BCUT2D eigenvalue weighted by Gasteiger charge is -2.22. The molecule has 1 aliphatic rings. The zero-order valence-corrected chi connectivity index (χ0v) is 10.2. The molecule has 1 saturated heterocycles. The molecule has 0 unspecified atom stereocenters. The molecule has 2 N–H and O–H groups in total. The normalized spacial score (nSPS) is 18.6. The first-order valence-electron chi connectivity index (χ1n) is 5.96. The number of piperidine rings is 1. The van der Waals surface area contributed by atoms with E-state index in [4.69, 9.17) is 4.74 Å². The number of nitrogens with one attached hydrogen (secondary N) is 2.